The van der Waals surface area contributed by atoms with Gasteiger partial charge in [-0.2, -0.15) is 13.2 Å². The van der Waals surface area contributed by atoms with Gasteiger partial charge >= 0.3 is 6.68 Å². The van der Waals surface area contributed by atoms with Gasteiger partial charge in [-0.05, 0) is 0 Å². The molecular weight excluding hydrogens is 169 g/mol. The molecule has 62 valence electrons. The summed E-state index contributed by atoms with van der Waals surface area (Å²) >= 11 is -1.93. The van der Waals surface area contributed by atoms with Crippen LogP contribution < -0.4 is 0 Å². The van der Waals surface area contributed by atoms with Crippen molar-refractivity contribution in [3.8, 4) is 0 Å². The van der Waals surface area contributed by atoms with Gasteiger partial charge in [-0.3, -0.25) is 4.21 Å². The number of hydrogen-bond acceptors (Lipinski definition) is 2. The quantitative estimate of drug-likeness (QED) is 0.467. The average Bonchev–Trinajstić information content (AvgIpc) is 1.62. The van der Waals surface area contributed by atoms with E-state index in [1.54, 1.807) is 0 Å². The highest BCUT2D eigenvalue weighted by Crippen LogP contribution is 1.87. The lowest BCUT2D eigenvalue weighted by atomic mass is 10.8. The molecule has 1 unspecified atom stereocenters. The minimum Gasteiger partial charge on any atom is -0.772 e. The van der Waals surface area contributed by atoms with Crippen LogP contribution in [0.4, 0.5) is 13.2 Å². The molecule has 0 N–H and O–H groups in total. The van der Waals surface area contributed by atoms with Gasteiger partial charge in [-0.1, -0.05) is 17.2 Å². The lowest BCUT2D eigenvalue weighted by Crippen LogP contribution is -1.87. The van der Waals surface area contributed by atoms with E-state index in [9.17, 15) is 21.9 Å². The first-order valence-corrected chi connectivity index (χ1v) is 3.34. The Morgan fingerprint density at radius 2 is 1.90 bits per heavy atom. The molecule has 0 aliphatic rings. The summed E-state index contributed by atoms with van der Waals surface area (Å²) in [6.07, 6.45) is 1.34. The number of rotatable bonds is 2. The second-order valence-electron chi connectivity index (χ2n) is 1.01. The summed E-state index contributed by atoms with van der Waals surface area (Å²) in [5.41, 5.74) is 0. The fourth-order valence-corrected chi connectivity index (χ4v) is 0.289. The molecule has 0 aliphatic carbocycles. The molecule has 0 aromatic carbocycles. The Kier molecular flexibility index (Phi) is 10.7. The van der Waals surface area contributed by atoms with E-state index in [0.717, 1.165) is 0 Å². The van der Waals surface area contributed by atoms with Crippen LogP contribution in [0, 0.1) is 0 Å². The van der Waals surface area contributed by atoms with Gasteiger partial charge in [0.2, 0.25) is 0 Å². The van der Waals surface area contributed by atoms with Crippen molar-refractivity contribution in [2.45, 2.75) is 6.68 Å². The maximum absolute atomic E-state index is 9.67. The minimum atomic E-state index is -3.67. The van der Waals surface area contributed by atoms with Gasteiger partial charge in [0.15, 0.2) is 0 Å². The van der Waals surface area contributed by atoms with Crippen LogP contribution in [0.15, 0.2) is 12.7 Å². The number of alkyl halides is 3. The molecule has 0 aromatic rings. The molecule has 0 saturated carbocycles. The second-order valence-corrected chi connectivity index (χ2v) is 1.95. The summed E-state index contributed by atoms with van der Waals surface area (Å²) in [6.45, 7) is -0.459. The van der Waals surface area contributed by atoms with Crippen LogP contribution in [0.2, 0.25) is 0 Å². The van der Waals surface area contributed by atoms with Crippen LogP contribution in [-0.2, 0) is 11.1 Å². The van der Waals surface area contributed by atoms with Crippen LogP contribution in [-0.4, -0.2) is 21.2 Å². The molecule has 0 heterocycles. The van der Waals surface area contributed by atoms with Crippen molar-refractivity contribution in [2.24, 2.45) is 0 Å². The van der Waals surface area contributed by atoms with E-state index in [0.29, 0.717) is 0 Å². The van der Waals surface area contributed by atoms with Crippen LogP contribution in [0.1, 0.15) is 0 Å². The minimum absolute atomic E-state index is 0.0556. The van der Waals surface area contributed by atoms with Gasteiger partial charge < -0.3 is 4.55 Å². The smallest absolute Gasteiger partial charge is 0.379 e. The zero-order chi connectivity index (χ0) is 8.57. The van der Waals surface area contributed by atoms with Crippen molar-refractivity contribution < 1.29 is 21.9 Å². The van der Waals surface area contributed by atoms with Gasteiger partial charge in [-0.15, -0.1) is 6.58 Å². The highest BCUT2D eigenvalue weighted by atomic mass is 32.2. The van der Waals surface area contributed by atoms with E-state index in [4.69, 9.17) is 0 Å². The standard InChI is InChI=1S/C3H6O2S.CHF3/c1-2-3-6(4)5;2-1(3)4/h2H,1,3H2,(H,4,5);1H/p-1. The topological polar surface area (TPSA) is 40.1 Å². The Bertz CT molecular complexity index is 104. The molecule has 2 nitrogen and oxygen atoms in total. The maximum atomic E-state index is 9.67. The van der Waals surface area contributed by atoms with Crippen molar-refractivity contribution in [3.05, 3.63) is 12.7 Å². The Morgan fingerprint density at radius 3 is 1.90 bits per heavy atom. The molecule has 1 atom stereocenters. The zero-order valence-corrected chi connectivity index (χ0v) is 5.74. The monoisotopic (exact) mass is 175 g/mol. The van der Waals surface area contributed by atoms with Gasteiger partial charge in [0.25, 0.3) is 0 Å². The van der Waals surface area contributed by atoms with Crippen LogP contribution in [0.5, 0.6) is 0 Å². The summed E-state index contributed by atoms with van der Waals surface area (Å²) in [5, 5.41) is 0. The Labute approximate surface area is 59.0 Å². The van der Waals surface area contributed by atoms with Crippen molar-refractivity contribution >= 4 is 11.1 Å². The van der Waals surface area contributed by atoms with Crippen molar-refractivity contribution in [1.82, 2.24) is 0 Å². The molecule has 0 fully saturated rings. The van der Waals surface area contributed by atoms with Crippen LogP contribution in [0.3, 0.4) is 0 Å². The van der Waals surface area contributed by atoms with Gasteiger partial charge in [0, 0.05) is 5.75 Å². The second kappa shape index (κ2) is 8.64. The molecule has 0 bridgehead atoms. The van der Waals surface area contributed by atoms with E-state index in [2.05, 4.69) is 6.58 Å². The SMILES string of the molecule is C=CCS(=O)[O-].FC(F)F. The summed E-state index contributed by atoms with van der Waals surface area (Å²) in [6, 6.07) is 0. The Morgan fingerprint density at radius 1 is 1.60 bits per heavy atom. The third kappa shape index (κ3) is 48.3. The molecule has 10 heavy (non-hydrogen) atoms. The summed E-state index contributed by atoms with van der Waals surface area (Å²) < 4.78 is 48.1. The normalized spacial score (nSPS) is 11.7. The molecule has 0 aromatic heterocycles. The predicted molar refractivity (Wildman–Crippen MR) is 31.1 cm³/mol. The lowest BCUT2D eigenvalue weighted by molar-refractivity contribution is 0.00819. The fraction of sp³-hybridized carbons (Fsp3) is 0.500. The van der Waals surface area contributed by atoms with Crippen LogP contribution >= 0.6 is 0 Å². The summed E-state index contributed by atoms with van der Waals surface area (Å²) in [7, 11) is 0. The molecule has 0 radical (unpaired) electrons. The van der Waals surface area contributed by atoms with Crippen molar-refractivity contribution in [3.63, 3.8) is 0 Å². The van der Waals surface area contributed by atoms with Crippen LogP contribution in [0.25, 0.3) is 0 Å². The van der Waals surface area contributed by atoms with Gasteiger partial charge in [0.05, 0.1) is 0 Å². The molecule has 0 saturated heterocycles. The van der Waals surface area contributed by atoms with Gasteiger partial charge in [-0.25, -0.2) is 0 Å². The lowest BCUT2D eigenvalue weighted by Gasteiger charge is -1.94. The Balaban J connectivity index is 0. The number of hydrogen-bond donors (Lipinski definition) is 0. The first kappa shape index (κ1) is 12.3. The first-order chi connectivity index (χ1) is 4.50. The van der Waals surface area contributed by atoms with E-state index >= 15 is 0 Å². The molecule has 0 aliphatic heterocycles. The number of halogens is 3. The Hall–Kier alpha value is -0.360. The van der Waals surface area contributed by atoms with E-state index in [1.807, 2.05) is 0 Å². The highest BCUT2D eigenvalue weighted by Gasteiger charge is 1.86. The van der Waals surface area contributed by atoms with Crippen molar-refractivity contribution in [1.29, 1.82) is 0 Å². The summed E-state index contributed by atoms with van der Waals surface area (Å²) in [5.74, 6) is 0.0556. The zero-order valence-electron chi connectivity index (χ0n) is 4.93. The van der Waals surface area contributed by atoms with E-state index in [-0.39, 0.29) is 5.75 Å². The van der Waals surface area contributed by atoms with E-state index < -0.39 is 17.8 Å². The fourth-order valence-electron chi connectivity index (χ4n) is 0.0962. The first-order valence-electron chi connectivity index (χ1n) is 2.09. The molecule has 0 rings (SSSR count). The summed E-state index contributed by atoms with van der Waals surface area (Å²) in [4.78, 5) is 0. The molecule has 0 spiro atoms. The maximum Gasteiger partial charge on any atom is 0.379 e. The predicted octanol–water partition coefficient (Wildman–Crippen LogP) is 1.23. The highest BCUT2D eigenvalue weighted by molar-refractivity contribution is 7.79. The molecule has 6 heteroatoms. The van der Waals surface area contributed by atoms with Crippen molar-refractivity contribution in [2.75, 3.05) is 5.75 Å². The van der Waals surface area contributed by atoms with Gasteiger partial charge in [0.1, 0.15) is 0 Å². The molecular formula is C4H6F3O2S-. The largest absolute Gasteiger partial charge is 0.772 e. The average molecular weight is 175 g/mol. The van der Waals surface area contributed by atoms with E-state index in [1.165, 1.54) is 6.08 Å². The third-order valence-electron chi connectivity index (χ3n) is 0.254. The molecule has 0 amide bonds. The third-order valence-corrected chi connectivity index (χ3v) is 0.762.